The number of carbonyl (C=O) groups is 1. The van der Waals surface area contributed by atoms with E-state index >= 15 is 0 Å². The molecule has 0 aliphatic heterocycles. The zero-order chi connectivity index (χ0) is 17.7. The molecule has 0 unspecified atom stereocenters. The summed E-state index contributed by atoms with van der Waals surface area (Å²) in [7, 11) is 0. The molecule has 1 amide bonds. The molecule has 2 aromatic rings. The topological polar surface area (TPSA) is 76.7 Å². The molecule has 0 radical (unpaired) electrons. The summed E-state index contributed by atoms with van der Waals surface area (Å²) in [4.78, 5) is 17.5. The minimum absolute atomic E-state index is 0.238. The molecular formula is C19H23N3O2. The number of carbonyl (C=O) groups excluding carboxylic acids is 1. The zero-order valence-electron chi connectivity index (χ0n) is 14.5. The van der Waals surface area contributed by atoms with Crippen LogP contribution >= 0.6 is 0 Å². The van der Waals surface area contributed by atoms with Crippen LogP contribution in [0.25, 0.3) is 0 Å². The van der Waals surface area contributed by atoms with E-state index in [2.05, 4.69) is 10.5 Å². The highest BCUT2D eigenvalue weighted by Gasteiger charge is 2.16. The number of amidine groups is 1. The van der Waals surface area contributed by atoms with Gasteiger partial charge in [0.2, 0.25) is 6.10 Å². The Hall–Kier alpha value is -2.82. The number of amides is 1. The number of rotatable bonds is 5. The van der Waals surface area contributed by atoms with Crippen LogP contribution in [0.5, 0.6) is 0 Å². The van der Waals surface area contributed by atoms with Crippen molar-refractivity contribution in [2.75, 3.05) is 5.32 Å². The summed E-state index contributed by atoms with van der Waals surface area (Å²) >= 11 is 0. The third-order valence-electron chi connectivity index (χ3n) is 3.76. The molecule has 24 heavy (non-hydrogen) atoms. The molecule has 5 heteroatoms. The predicted molar refractivity (Wildman–Crippen MR) is 97.0 cm³/mol. The SMILES string of the molecule is Cc1ccc(/C(N)=N/O[C@@H](C)C(=O)Nc2c(C)cccc2C)cc1. The number of benzene rings is 2. The smallest absolute Gasteiger partial charge is 0.268 e. The van der Waals surface area contributed by atoms with Crippen molar-refractivity contribution in [1.82, 2.24) is 0 Å². The summed E-state index contributed by atoms with van der Waals surface area (Å²) in [6, 6.07) is 13.4. The van der Waals surface area contributed by atoms with Gasteiger partial charge in [-0.1, -0.05) is 53.2 Å². The van der Waals surface area contributed by atoms with E-state index in [-0.39, 0.29) is 11.7 Å². The molecule has 0 spiro atoms. The van der Waals surface area contributed by atoms with Crippen LogP contribution < -0.4 is 11.1 Å². The molecule has 0 aliphatic rings. The van der Waals surface area contributed by atoms with Crippen molar-refractivity contribution in [3.05, 3.63) is 64.7 Å². The van der Waals surface area contributed by atoms with Crippen molar-refractivity contribution < 1.29 is 9.63 Å². The average Bonchev–Trinajstić information content (AvgIpc) is 2.56. The number of aryl methyl sites for hydroxylation is 3. The minimum atomic E-state index is -0.756. The maximum Gasteiger partial charge on any atom is 0.268 e. The Bertz CT molecular complexity index is 731. The third kappa shape index (κ3) is 4.35. The normalized spacial score (nSPS) is 12.6. The molecule has 2 aromatic carbocycles. The molecule has 0 saturated carbocycles. The monoisotopic (exact) mass is 325 g/mol. The van der Waals surface area contributed by atoms with Crippen LogP contribution in [0.1, 0.15) is 29.2 Å². The van der Waals surface area contributed by atoms with Gasteiger partial charge in [-0.05, 0) is 38.8 Å². The van der Waals surface area contributed by atoms with E-state index in [4.69, 9.17) is 10.6 Å². The fourth-order valence-electron chi connectivity index (χ4n) is 2.20. The van der Waals surface area contributed by atoms with Gasteiger partial charge < -0.3 is 15.9 Å². The summed E-state index contributed by atoms with van der Waals surface area (Å²) in [6.45, 7) is 7.52. The largest absolute Gasteiger partial charge is 0.381 e. The van der Waals surface area contributed by atoms with Crippen LogP contribution in [-0.2, 0) is 9.63 Å². The van der Waals surface area contributed by atoms with E-state index in [1.54, 1.807) is 6.92 Å². The first-order chi connectivity index (χ1) is 11.4. The molecule has 1 atom stereocenters. The van der Waals surface area contributed by atoms with E-state index < -0.39 is 6.10 Å². The van der Waals surface area contributed by atoms with E-state index in [0.29, 0.717) is 0 Å². The second kappa shape index (κ2) is 7.64. The molecule has 3 N–H and O–H groups in total. The Balaban J connectivity index is 2.01. The number of nitrogens with one attached hydrogen (secondary N) is 1. The number of nitrogens with zero attached hydrogens (tertiary/aromatic N) is 1. The second-order valence-corrected chi connectivity index (χ2v) is 5.85. The van der Waals surface area contributed by atoms with Gasteiger partial charge in [0.25, 0.3) is 5.91 Å². The highest BCUT2D eigenvalue weighted by Crippen LogP contribution is 2.19. The van der Waals surface area contributed by atoms with Crippen LogP contribution in [0.2, 0.25) is 0 Å². The van der Waals surface area contributed by atoms with Gasteiger partial charge in [0, 0.05) is 11.3 Å². The minimum Gasteiger partial charge on any atom is -0.381 e. The summed E-state index contributed by atoms with van der Waals surface area (Å²) in [5.74, 6) is -0.0328. The van der Waals surface area contributed by atoms with Crippen LogP contribution in [-0.4, -0.2) is 17.8 Å². The summed E-state index contributed by atoms with van der Waals surface area (Å²) < 4.78 is 0. The van der Waals surface area contributed by atoms with Gasteiger partial charge in [0.15, 0.2) is 5.84 Å². The summed E-state index contributed by atoms with van der Waals surface area (Å²) in [6.07, 6.45) is -0.756. The molecule has 0 aliphatic carbocycles. The Morgan fingerprint density at radius 1 is 1.08 bits per heavy atom. The van der Waals surface area contributed by atoms with E-state index in [1.807, 2.05) is 63.2 Å². The van der Waals surface area contributed by atoms with Crippen molar-refractivity contribution in [2.24, 2.45) is 10.9 Å². The van der Waals surface area contributed by atoms with Gasteiger partial charge in [-0.25, -0.2) is 0 Å². The van der Waals surface area contributed by atoms with Crippen molar-refractivity contribution in [1.29, 1.82) is 0 Å². The Kier molecular flexibility index (Phi) is 5.58. The van der Waals surface area contributed by atoms with Crippen LogP contribution in [0.4, 0.5) is 5.69 Å². The molecule has 0 aromatic heterocycles. The number of nitrogens with two attached hydrogens (primary N) is 1. The lowest BCUT2D eigenvalue weighted by atomic mass is 10.1. The van der Waals surface area contributed by atoms with E-state index in [9.17, 15) is 4.79 Å². The molecule has 0 bridgehead atoms. The quantitative estimate of drug-likeness (QED) is 0.503. The lowest BCUT2D eigenvalue weighted by Gasteiger charge is -2.14. The first-order valence-electron chi connectivity index (χ1n) is 7.82. The van der Waals surface area contributed by atoms with Gasteiger partial charge in [0.05, 0.1) is 0 Å². The molecule has 0 heterocycles. The highest BCUT2D eigenvalue weighted by molar-refractivity contribution is 5.97. The lowest BCUT2D eigenvalue weighted by molar-refractivity contribution is -0.126. The summed E-state index contributed by atoms with van der Waals surface area (Å²) in [5.41, 5.74) is 10.6. The van der Waals surface area contributed by atoms with Gasteiger partial charge in [-0.2, -0.15) is 0 Å². The molecule has 5 nitrogen and oxygen atoms in total. The predicted octanol–water partition coefficient (Wildman–Crippen LogP) is 3.28. The standard InChI is InChI=1S/C19H23N3O2/c1-12-8-10-16(11-9-12)18(20)22-24-15(4)19(23)21-17-13(2)6-5-7-14(17)3/h5-11,15H,1-4H3,(H2,20,22)(H,21,23)/t15-/m0/s1. The third-order valence-corrected chi connectivity index (χ3v) is 3.76. The fourth-order valence-corrected chi connectivity index (χ4v) is 2.20. The van der Waals surface area contributed by atoms with Gasteiger partial charge >= 0.3 is 0 Å². The molecule has 0 saturated heterocycles. The number of oxime groups is 1. The zero-order valence-corrected chi connectivity index (χ0v) is 14.5. The average molecular weight is 325 g/mol. The van der Waals surface area contributed by atoms with Crippen LogP contribution in [0.3, 0.4) is 0 Å². The Morgan fingerprint density at radius 2 is 1.67 bits per heavy atom. The van der Waals surface area contributed by atoms with Crippen molar-refractivity contribution in [3.8, 4) is 0 Å². The maximum atomic E-state index is 12.3. The molecule has 126 valence electrons. The maximum absolute atomic E-state index is 12.3. The highest BCUT2D eigenvalue weighted by atomic mass is 16.6. The van der Waals surface area contributed by atoms with Gasteiger partial charge in [-0.15, -0.1) is 0 Å². The Morgan fingerprint density at radius 3 is 2.25 bits per heavy atom. The number of hydrogen-bond acceptors (Lipinski definition) is 3. The van der Waals surface area contributed by atoms with E-state index in [1.165, 1.54) is 0 Å². The Labute approximate surface area is 142 Å². The van der Waals surface area contributed by atoms with Crippen molar-refractivity contribution >= 4 is 17.4 Å². The number of para-hydroxylation sites is 1. The number of anilines is 1. The van der Waals surface area contributed by atoms with Gasteiger partial charge in [0.1, 0.15) is 0 Å². The first kappa shape index (κ1) is 17.5. The van der Waals surface area contributed by atoms with Crippen LogP contribution in [0.15, 0.2) is 47.6 Å². The first-order valence-corrected chi connectivity index (χ1v) is 7.82. The lowest BCUT2D eigenvalue weighted by Crippen LogP contribution is -2.28. The molecule has 2 rings (SSSR count). The van der Waals surface area contributed by atoms with E-state index in [0.717, 1.165) is 27.9 Å². The second-order valence-electron chi connectivity index (χ2n) is 5.85. The molecular weight excluding hydrogens is 302 g/mol. The fraction of sp³-hybridized carbons (Fsp3) is 0.263. The van der Waals surface area contributed by atoms with Crippen molar-refractivity contribution in [2.45, 2.75) is 33.8 Å². The number of hydrogen-bond donors (Lipinski definition) is 2. The van der Waals surface area contributed by atoms with Crippen molar-refractivity contribution in [3.63, 3.8) is 0 Å². The molecule has 0 fully saturated rings. The summed E-state index contributed by atoms with van der Waals surface area (Å²) in [5, 5.41) is 6.74. The van der Waals surface area contributed by atoms with Gasteiger partial charge in [-0.3, -0.25) is 4.79 Å². The van der Waals surface area contributed by atoms with Crippen LogP contribution in [0, 0.1) is 20.8 Å².